The van der Waals surface area contributed by atoms with Crippen LogP contribution in [0.3, 0.4) is 0 Å². The molecule has 0 radical (unpaired) electrons. The summed E-state index contributed by atoms with van der Waals surface area (Å²) in [4.78, 5) is 11.7. The van der Waals surface area contributed by atoms with Crippen LogP contribution in [0.15, 0.2) is 29.1 Å². The number of benzene rings is 1. The molecule has 0 unspecified atom stereocenters. The van der Waals surface area contributed by atoms with Crippen molar-refractivity contribution in [1.82, 2.24) is 9.78 Å². The predicted molar refractivity (Wildman–Crippen MR) is 63.2 cm³/mol. The van der Waals surface area contributed by atoms with E-state index in [1.807, 2.05) is 16.8 Å². The Hall–Kier alpha value is -1.77. The molecule has 0 saturated carbocycles. The second kappa shape index (κ2) is 3.37. The van der Waals surface area contributed by atoms with Gasteiger partial charge in [-0.1, -0.05) is 12.1 Å². The van der Waals surface area contributed by atoms with Gasteiger partial charge in [-0.3, -0.25) is 14.6 Å². The highest BCUT2D eigenvalue weighted by Crippen LogP contribution is 2.21. The van der Waals surface area contributed by atoms with Gasteiger partial charge in [0.25, 0.3) is 5.56 Å². The highest BCUT2D eigenvalue weighted by Gasteiger charge is 2.20. The Kier molecular flexibility index (Phi) is 1.99. The van der Waals surface area contributed by atoms with Crippen molar-refractivity contribution in [3.05, 3.63) is 51.4 Å². The van der Waals surface area contributed by atoms with E-state index >= 15 is 0 Å². The van der Waals surface area contributed by atoms with Crippen LogP contribution in [-0.4, -0.2) is 9.78 Å². The molecule has 0 amide bonds. The number of hydrogen-bond donors (Lipinski definition) is 1. The van der Waals surface area contributed by atoms with Gasteiger partial charge in [0.1, 0.15) is 0 Å². The maximum absolute atomic E-state index is 11.7. The second-order valence-corrected chi connectivity index (χ2v) is 4.39. The van der Waals surface area contributed by atoms with Crippen molar-refractivity contribution in [2.75, 3.05) is 0 Å². The van der Waals surface area contributed by atoms with Crippen molar-refractivity contribution in [3.8, 4) is 5.69 Å². The Morgan fingerprint density at radius 1 is 1.31 bits per heavy atom. The van der Waals surface area contributed by atoms with Gasteiger partial charge in [0.15, 0.2) is 0 Å². The van der Waals surface area contributed by atoms with E-state index in [4.69, 9.17) is 0 Å². The first kappa shape index (κ1) is 9.46. The second-order valence-electron chi connectivity index (χ2n) is 4.39. The largest absolute Gasteiger partial charge is 0.268 e. The van der Waals surface area contributed by atoms with Crippen LogP contribution in [0, 0.1) is 6.92 Å². The number of aryl methyl sites for hydroxylation is 1. The Morgan fingerprint density at radius 3 is 3.00 bits per heavy atom. The van der Waals surface area contributed by atoms with Crippen LogP contribution < -0.4 is 5.56 Å². The molecule has 2 aromatic rings. The lowest BCUT2D eigenvalue weighted by Gasteiger charge is -2.06. The molecule has 0 atom stereocenters. The normalized spacial score (nSPS) is 14.1. The fraction of sp³-hybridized carbons (Fsp3) is 0.308. The van der Waals surface area contributed by atoms with Crippen molar-refractivity contribution in [3.63, 3.8) is 0 Å². The fourth-order valence-electron chi connectivity index (χ4n) is 2.44. The summed E-state index contributed by atoms with van der Waals surface area (Å²) in [5, 5.41) is 2.92. The van der Waals surface area contributed by atoms with Crippen LogP contribution in [-0.2, 0) is 12.8 Å². The molecule has 1 aromatic carbocycles. The van der Waals surface area contributed by atoms with Gasteiger partial charge in [-0.15, -0.1) is 0 Å². The predicted octanol–water partition coefficient (Wildman–Crippen LogP) is 1.96. The lowest BCUT2D eigenvalue weighted by molar-refractivity contribution is 0.773. The first-order valence-electron chi connectivity index (χ1n) is 5.65. The van der Waals surface area contributed by atoms with E-state index in [2.05, 4.69) is 24.2 Å². The molecule has 1 N–H and O–H groups in total. The zero-order chi connectivity index (χ0) is 11.1. The van der Waals surface area contributed by atoms with Gasteiger partial charge in [0, 0.05) is 11.3 Å². The summed E-state index contributed by atoms with van der Waals surface area (Å²) in [6.45, 7) is 2.06. The third-order valence-electron chi connectivity index (χ3n) is 3.21. The van der Waals surface area contributed by atoms with E-state index in [9.17, 15) is 4.79 Å². The summed E-state index contributed by atoms with van der Waals surface area (Å²) < 4.78 is 1.94. The Morgan fingerprint density at radius 2 is 2.19 bits per heavy atom. The maximum atomic E-state index is 11.7. The van der Waals surface area contributed by atoms with Crippen molar-refractivity contribution in [1.29, 1.82) is 0 Å². The van der Waals surface area contributed by atoms with Crippen LogP contribution in [0.5, 0.6) is 0 Å². The summed E-state index contributed by atoms with van der Waals surface area (Å²) >= 11 is 0. The molecule has 3 rings (SSSR count). The minimum atomic E-state index is 0.0778. The van der Waals surface area contributed by atoms with Crippen molar-refractivity contribution >= 4 is 0 Å². The molecule has 1 aliphatic rings. The summed E-state index contributed by atoms with van der Waals surface area (Å²) in [5.41, 5.74) is 4.48. The van der Waals surface area contributed by atoms with E-state index < -0.39 is 0 Å². The first-order chi connectivity index (χ1) is 7.75. The quantitative estimate of drug-likeness (QED) is 0.774. The highest BCUT2D eigenvalue weighted by atomic mass is 16.1. The van der Waals surface area contributed by atoms with Crippen LogP contribution in [0.1, 0.15) is 23.2 Å². The van der Waals surface area contributed by atoms with Crippen LogP contribution in [0.4, 0.5) is 0 Å². The number of H-pyrrole nitrogens is 1. The van der Waals surface area contributed by atoms with Crippen LogP contribution in [0.25, 0.3) is 5.69 Å². The number of aromatic nitrogens is 2. The third-order valence-corrected chi connectivity index (χ3v) is 3.21. The van der Waals surface area contributed by atoms with Gasteiger partial charge in [-0.25, -0.2) is 0 Å². The summed E-state index contributed by atoms with van der Waals surface area (Å²) in [5.74, 6) is 0. The number of nitrogens with one attached hydrogen (secondary N) is 1. The van der Waals surface area contributed by atoms with Gasteiger partial charge in [0.05, 0.1) is 5.69 Å². The van der Waals surface area contributed by atoms with E-state index in [1.165, 1.54) is 5.56 Å². The van der Waals surface area contributed by atoms with Gasteiger partial charge < -0.3 is 0 Å². The third kappa shape index (κ3) is 1.32. The molecule has 0 bridgehead atoms. The summed E-state index contributed by atoms with van der Waals surface area (Å²) in [6.07, 6.45) is 3.02. The molecule has 0 aliphatic heterocycles. The smallest absolute Gasteiger partial charge is 0.267 e. The van der Waals surface area contributed by atoms with E-state index in [-0.39, 0.29) is 5.56 Å². The fourth-order valence-corrected chi connectivity index (χ4v) is 2.44. The molecular formula is C13H14N2O. The van der Waals surface area contributed by atoms with Gasteiger partial charge in [0.2, 0.25) is 0 Å². The molecular weight excluding hydrogens is 200 g/mol. The summed E-state index contributed by atoms with van der Waals surface area (Å²) in [6, 6.07) is 8.20. The van der Waals surface area contributed by atoms with Gasteiger partial charge in [-0.2, -0.15) is 0 Å². The van der Waals surface area contributed by atoms with Crippen molar-refractivity contribution < 1.29 is 0 Å². The summed E-state index contributed by atoms with van der Waals surface area (Å²) in [7, 11) is 0. The molecule has 0 saturated heterocycles. The maximum Gasteiger partial charge on any atom is 0.267 e. The topological polar surface area (TPSA) is 37.8 Å². The molecule has 82 valence electrons. The molecule has 3 heteroatoms. The molecule has 3 nitrogen and oxygen atoms in total. The van der Waals surface area contributed by atoms with Crippen LogP contribution >= 0.6 is 0 Å². The lowest BCUT2D eigenvalue weighted by atomic mass is 10.2. The number of hydrogen-bond acceptors (Lipinski definition) is 1. The van der Waals surface area contributed by atoms with Gasteiger partial charge >= 0.3 is 0 Å². The molecule has 16 heavy (non-hydrogen) atoms. The minimum absolute atomic E-state index is 0.0778. The average molecular weight is 214 g/mol. The molecule has 1 aromatic heterocycles. The number of nitrogens with zero attached hydrogens (tertiary/aromatic N) is 1. The Labute approximate surface area is 93.7 Å². The highest BCUT2D eigenvalue weighted by molar-refractivity contribution is 5.39. The molecule has 0 spiro atoms. The SMILES string of the molecule is Cc1cccc(-n2[nH]c(=O)c3c2CCC3)c1. The molecule has 1 aliphatic carbocycles. The monoisotopic (exact) mass is 214 g/mol. The Bertz CT molecular complexity index is 592. The zero-order valence-electron chi connectivity index (χ0n) is 9.29. The zero-order valence-corrected chi connectivity index (χ0v) is 9.29. The van der Waals surface area contributed by atoms with Crippen molar-refractivity contribution in [2.24, 2.45) is 0 Å². The first-order valence-corrected chi connectivity index (χ1v) is 5.65. The van der Waals surface area contributed by atoms with Crippen LogP contribution in [0.2, 0.25) is 0 Å². The lowest BCUT2D eigenvalue weighted by Crippen LogP contribution is -2.07. The number of fused-ring (bicyclic) bond motifs is 1. The standard InChI is InChI=1S/C13H14N2O/c1-9-4-2-5-10(8-9)15-12-7-3-6-11(12)13(16)14-15/h2,4-5,8H,3,6-7H2,1H3,(H,14,16). The van der Waals surface area contributed by atoms with Crippen molar-refractivity contribution in [2.45, 2.75) is 26.2 Å². The van der Waals surface area contributed by atoms with E-state index in [0.29, 0.717) is 0 Å². The molecule has 1 heterocycles. The number of rotatable bonds is 1. The van der Waals surface area contributed by atoms with E-state index in [0.717, 1.165) is 36.2 Å². The van der Waals surface area contributed by atoms with Gasteiger partial charge in [-0.05, 0) is 43.9 Å². The molecule has 0 fully saturated rings. The number of aromatic amines is 1. The minimum Gasteiger partial charge on any atom is -0.268 e. The van der Waals surface area contributed by atoms with E-state index in [1.54, 1.807) is 0 Å². The Balaban J connectivity index is 2.21. The average Bonchev–Trinajstić information content (AvgIpc) is 2.83.